The minimum atomic E-state index is 0.468. The van der Waals surface area contributed by atoms with E-state index in [-0.39, 0.29) is 0 Å². The topological polar surface area (TPSA) is 29.9 Å². The summed E-state index contributed by atoms with van der Waals surface area (Å²) in [5.41, 5.74) is 3.94. The van der Waals surface area contributed by atoms with Crippen molar-refractivity contribution in [2.45, 2.75) is 25.3 Å². The summed E-state index contributed by atoms with van der Waals surface area (Å²) in [5, 5.41) is 8.85. The van der Waals surface area contributed by atoms with Gasteiger partial charge in [-0.1, -0.05) is 17.7 Å². The summed E-state index contributed by atoms with van der Waals surface area (Å²) in [4.78, 5) is 0. The van der Waals surface area contributed by atoms with Gasteiger partial charge in [-0.3, -0.25) is 4.68 Å². The molecule has 1 aliphatic rings. The molecule has 0 fully saturated rings. The zero-order valence-electron chi connectivity index (χ0n) is 11.1. The van der Waals surface area contributed by atoms with E-state index in [2.05, 4.69) is 28.6 Å². The Kier molecular flexibility index (Phi) is 3.58. The number of aromatic nitrogens is 2. The van der Waals surface area contributed by atoms with Crippen molar-refractivity contribution < 1.29 is 0 Å². The lowest BCUT2D eigenvalue weighted by molar-refractivity contribution is 0.530. The summed E-state index contributed by atoms with van der Waals surface area (Å²) < 4.78 is 1.85. The van der Waals surface area contributed by atoms with Gasteiger partial charge in [0.1, 0.15) is 0 Å². The average molecular weight is 276 g/mol. The SMILES string of the molecule is Cn1ccc(CCNC2CCc3cc(Cl)ccc32)n1. The van der Waals surface area contributed by atoms with Crippen molar-refractivity contribution in [2.75, 3.05) is 6.54 Å². The average Bonchev–Trinajstić information content (AvgIpc) is 2.96. The second kappa shape index (κ2) is 5.35. The molecule has 0 radical (unpaired) electrons. The molecule has 0 bridgehead atoms. The molecule has 100 valence electrons. The molecule has 0 spiro atoms. The molecule has 2 aromatic rings. The minimum absolute atomic E-state index is 0.468. The molecule has 1 atom stereocenters. The number of halogens is 1. The van der Waals surface area contributed by atoms with Crippen molar-refractivity contribution >= 4 is 11.6 Å². The maximum absolute atomic E-state index is 6.03. The molecular formula is C15H18ClN3. The Morgan fingerprint density at radius 2 is 2.32 bits per heavy atom. The summed E-state index contributed by atoms with van der Waals surface area (Å²) in [6, 6.07) is 8.78. The highest BCUT2D eigenvalue weighted by Gasteiger charge is 2.21. The van der Waals surface area contributed by atoms with Crippen LogP contribution < -0.4 is 5.32 Å². The Labute approximate surface area is 118 Å². The minimum Gasteiger partial charge on any atom is -0.310 e. The highest BCUT2D eigenvalue weighted by atomic mass is 35.5. The largest absolute Gasteiger partial charge is 0.310 e. The Hall–Kier alpha value is -1.32. The second-order valence-electron chi connectivity index (χ2n) is 5.12. The van der Waals surface area contributed by atoms with E-state index in [0.717, 1.165) is 36.5 Å². The van der Waals surface area contributed by atoms with Crippen molar-refractivity contribution in [2.24, 2.45) is 7.05 Å². The zero-order chi connectivity index (χ0) is 13.2. The molecular weight excluding hydrogens is 258 g/mol. The Balaban J connectivity index is 1.58. The molecule has 3 nitrogen and oxygen atoms in total. The number of nitrogens with one attached hydrogen (secondary N) is 1. The van der Waals surface area contributed by atoms with Crippen LogP contribution in [0.1, 0.15) is 29.3 Å². The standard InChI is InChI=1S/C15H18ClN3/c1-19-9-7-13(18-19)6-8-17-15-5-2-11-10-12(16)3-4-14(11)15/h3-4,7,9-10,15,17H,2,5-6,8H2,1H3. The normalized spacial score (nSPS) is 17.7. The summed E-state index contributed by atoms with van der Waals surface area (Å²) in [6.45, 7) is 0.962. The van der Waals surface area contributed by atoms with Crippen LogP contribution in [0.25, 0.3) is 0 Å². The van der Waals surface area contributed by atoms with Crippen LogP contribution in [0.2, 0.25) is 5.02 Å². The third-order valence-electron chi connectivity index (χ3n) is 3.72. The third kappa shape index (κ3) is 2.82. The molecule has 1 unspecified atom stereocenters. The smallest absolute Gasteiger partial charge is 0.0637 e. The third-order valence-corrected chi connectivity index (χ3v) is 3.96. The van der Waals surface area contributed by atoms with E-state index in [1.54, 1.807) is 0 Å². The summed E-state index contributed by atoms with van der Waals surface area (Å²) in [5.74, 6) is 0. The Morgan fingerprint density at radius 1 is 1.42 bits per heavy atom. The fraction of sp³-hybridized carbons (Fsp3) is 0.400. The van der Waals surface area contributed by atoms with E-state index in [1.807, 2.05) is 24.0 Å². The van der Waals surface area contributed by atoms with Crippen LogP contribution in [0.4, 0.5) is 0 Å². The monoisotopic (exact) mass is 275 g/mol. The molecule has 1 aliphatic carbocycles. The maximum Gasteiger partial charge on any atom is 0.0637 e. The van der Waals surface area contributed by atoms with Crippen molar-refractivity contribution in [3.05, 3.63) is 52.3 Å². The van der Waals surface area contributed by atoms with Crippen LogP contribution >= 0.6 is 11.6 Å². The summed E-state index contributed by atoms with van der Waals surface area (Å²) in [6.07, 6.45) is 5.25. The predicted octanol–water partition coefficient (Wildman–Crippen LogP) is 2.89. The number of rotatable bonds is 4. The van der Waals surface area contributed by atoms with Crippen LogP contribution in [-0.4, -0.2) is 16.3 Å². The molecule has 1 aromatic carbocycles. The highest BCUT2D eigenvalue weighted by molar-refractivity contribution is 6.30. The number of hydrogen-bond acceptors (Lipinski definition) is 2. The van der Waals surface area contributed by atoms with E-state index in [1.165, 1.54) is 11.1 Å². The van der Waals surface area contributed by atoms with Crippen LogP contribution in [-0.2, 0) is 19.9 Å². The van der Waals surface area contributed by atoms with Crippen molar-refractivity contribution in [3.63, 3.8) is 0 Å². The van der Waals surface area contributed by atoms with Gasteiger partial charge in [0, 0.05) is 37.3 Å². The first-order chi connectivity index (χ1) is 9.22. The molecule has 1 aromatic heterocycles. The van der Waals surface area contributed by atoms with Gasteiger partial charge in [-0.2, -0.15) is 5.10 Å². The fourth-order valence-corrected chi connectivity index (χ4v) is 2.96. The molecule has 3 rings (SSSR count). The second-order valence-corrected chi connectivity index (χ2v) is 5.56. The highest BCUT2D eigenvalue weighted by Crippen LogP contribution is 2.32. The lowest BCUT2D eigenvalue weighted by Gasteiger charge is -2.13. The summed E-state index contributed by atoms with van der Waals surface area (Å²) >= 11 is 6.03. The molecule has 0 amide bonds. The van der Waals surface area contributed by atoms with Crippen molar-refractivity contribution in [3.8, 4) is 0 Å². The molecule has 0 saturated heterocycles. The van der Waals surface area contributed by atoms with Gasteiger partial charge < -0.3 is 5.32 Å². The van der Waals surface area contributed by atoms with Crippen molar-refractivity contribution in [1.82, 2.24) is 15.1 Å². The van der Waals surface area contributed by atoms with Gasteiger partial charge in [0.25, 0.3) is 0 Å². The number of benzene rings is 1. The quantitative estimate of drug-likeness (QED) is 0.930. The van der Waals surface area contributed by atoms with E-state index in [9.17, 15) is 0 Å². The van der Waals surface area contributed by atoms with E-state index < -0.39 is 0 Å². The summed E-state index contributed by atoms with van der Waals surface area (Å²) in [7, 11) is 1.95. The number of nitrogens with zero attached hydrogens (tertiary/aromatic N) is 2. The molecule has 4 heteroatoms. The van der Waals surface area contributed by atoms with Crippen LogP contribution in [0.3, 0.4) is 0 Å². The number of aryl methyl sites for hydroxylation is 2. The van der Waals surface area contributed by atoms with E-state index >= 15 is 0 Å². The van der Waals surface area contributed by atoms with Gasteiger partial charge in [0.15, 0.2) is 0 Å². The molecule has 0 aliphatic heterocycles. The Morgan fingerprint density at radius 3 is 3.11 bits per heavy atom. The first kappa shape index (κ1) is 12.7. The molecule has 19 heavy (non-hydrogen) atoms. The van der Waals surface area contributed by atoms with Gasteiger partial charge >= 0.3 is 0 Å². The van der Waals surface area contributed by atoms with Crippen LogP contribution in [0.5, 0.6) is 0 Å². The number of fused-ring (bicyclic) bond motifs is 1. The predicted molar refractivity (Wildman–Crippen MR) is 77.4 cm³/mol. The van der Waals surface area contributed by atoms with Gasteiger partial charge in [0.05, 0.1) is 5.69 Å². The lowest BCUT2D eigenvalue weighted by atomic mass is 10.1. The molecule has 1 N–H and O–H groups in total. The van der Waals surface area contributed by atoms with Crippen LogP contribution in [0, 0.1) is 0 Å². The number of hydrogen-bond donors (Lipinski definition) is 1. The first-order valence-electron chi connectivity index (χ1n) is 6.72. The van der Waals surface area contributed by atoms with E-state index in [4.69, 9.17) is 11.6 Å². The van der Waals surface area contributed by atoms with E-state index in [0.29, 0.717) is 6.04 Å². The lowest BCUT2D eigenvalue weighted by Crippen LogP contribution is -2.22. The molecule has 0 saturated carbocycles. The van der Waals surface area contributed by atoms with Gasteiger partial charge in [-0.25, -0.2) is 0 Å². The molecule has 1 heterocycles. The first-order valence-corrected chi connectivity index (χ1v) is 7.10. The van der Waals surface area contributed by atoms with Crippen LogP contribution in [0.15, 0.2) is 30.5 Å². The maximum atomic E-state index is 6.03. The van der Waals surface area contributed by atoms with Gasteiger partial charge in [-0.15, -0.1) is 0 Å². The van der Waals surface area contributed by atoms with Gasteiger partial charge in [0.2, 0.25) is 0 Å². The fourth-order valence-electron chi connectivity index (χ4n) is 2.77. The van der Waals surface area contributed by atoms with Crippen molar-refractivity contribution in [1.29, 1.82) is 0 Å². The zero-order valence-corrected chi connectivity index (χ0v) is 11.8. The Bertz CT molecular complexity index is 577. The van der Waals surface area contributed by atoms with Gasteiger partial charge in [-0.05, 0) is 42.2 Å².